The molecule has 5 aromatic heterocycles. The van der Waals surface area contributed by atoms with E-state index < -0.39 is 94.1 Å². The van der Waals surface area contributed by atoms with E-state index in [2.05, 4.69) is 71.8 Å². The Bertz CT molecular complexity index is 3470. The van der Waals surface area contributed by atoms with Gasteiger partial charge in [-0.15, -0.1) is 15.3 Å². The summed E-state index contributed by atoms with van der Waals surface area (Å²) in [5, 5.41) is 56.3. The van der Waals surface area contributed by atoms with Crippen LogP contribution >= 0.6 is 15.9 Å². The summed E-state index contributed by atoms with van der Waals surface area (Å²) < 4.78 is 147. The molecule has 0 spiro atoms. The number of benzene rings is 4. The van der Waals surface area contributed by atoms with Gasteiger partial charge in [0.05, 0.1) is 31.2 Å². The Morgan fingerprint density at radius 1 is 0.588 bits per heavy atom. The Hall–Kier alpha value is -8.21. The van der Waals surface area contributed by atoms with E-state index in [1.54, 1.807) is 12.1 Å². The molecule has 1 saturated heterocycles. The van der Waals surface area contributed by atoms with Crippen molar-refractivity contribution in [3.63, 3.8) is 0 Å². The number of hydrogen-bond acceptors (Lipinski definition) is 14. The third-order valence-corrected chi connectivity index (χ3v) is 13.4. The fourth-order valence-corrected chi connectivity index (χ4v) is 8.94. The molecular formula is C52H45BrF10N14O3. The largest absolute Gasteiger partial charge is 0.420 e. The van der Waals surface area contributed by atoms with Crippen LogP contribution < -0.4 is 9.80 Å². The van der Waals surface area contributed by atoms with Crippen LogP contribution in [0, 0.1) is 17.5 Å². The van der Waals surface area contributed by atoms with E-state index in [-0.39, 0.29) is 7.43 Å². The minimum atomic E-state index is -4.85. The molecule has 1 aliphatic rings. The van der Waals surface area contributed by atoms with E-state index in [1.165, 1.54) is 49.1 Å². The van der Waals surface area contributed by atoms with Crippen LogP contribution in [0.3, 0.4) is 0 Å². The Balaban J connectivity index is 0.000000271. The molecule has 9 aromatic rings. The second-order valence-electron chi connectivity index (χ2n) is 17.9. The van der Waals surface area contributed by atoms with Gasteiger partial charge in [0.25, 0.3) is 0 Å². The molecule has 1 fully saturated rings. The summed E-state index contributed by atoms with van der Waals surface area (Å²) >= 11 is 3.12. The van der Waals surface area contributed by atoms with Crippen molar-refractivity contribution in [2.75, 3.05) is 36.0 Å². The first-order valence-corrected chi connectivity index (χ1v) is 24.3. The van der Waals surface area contributed by atoms with Crippen LogP contribution in [-0.2, 0) is 36.1 Å². The van der Waals surface area contributed by atoms with Gasteiger partial charge in [0, 0.05) is 83.4 Å². The number of halogens is 11. The number of aromatic nitrogens is 12. The van der Waals surface area contributed by atoms with Gasteiger partial charge in [-0.05, 0) is 105 Å². The fraction of sp³-hybridized carbons (Fsp3) is 0.250. The smallest absolute Gasteiger partial charge is 0.378 e. The molecular weight excluding hydrogens is 1140 g/mol. The van der Waals surface area contributed by atoms with Crippen molar-refractivity contribution in [2.24, 2.45) is 0 Å². The van der Waals surface area contributed by atoms with Crippen molar-refractivity contribution in [3.05, 3.63) is 203 Å². The summed E-state index contributed by atoms with van der Waals surface area (Å²) in [6.45, 7) is 1.03. The molecule has 0 bridgehead atoms. The number of piperazine rings is 1. The molecule has 0 aliphatic carbocycles. The first-order chi connectivity index (χ1) is 37.6. The number of tetrazole rings is 1. The minimum absolute atomic E-state index is 0. The summed E-state index contributed by atoms with van der Waals surface area (Å²) in [4.78, 5) is 12.0. The highest BCUT2D eigenvalue weighted by atomic mass is 79.9. The molecule has 0 saturated carbocycles. The van der Waals surface area contributed by atoms with Gasteiger partial charge in [-0.2, -0.15) is 30.7 Å². The maximum absolute atomic E-state index is 16.1. The van der Waals surface area contributed by atoms with E-state index in [1.807, 2.05) is 36.4 Å². The van der Waals surface area contributed by atoms with E-state index >= 15 is 17.6 Å². The van der Waals surface area contributed by atoms with Gasteiger partial charge < -0.3 is 25.1 Å². The normalized spacial score (nSPS) is 15.0. The molecule has 0 amide bonds. The zero-order chi connectivity index (χ0) is 56.3. The van der Waals surface area contributed by atoms with Crippen molar-refractivity contribution in [3.8, 4) is 16.8 Å². The van der Waals surface area contributed by atoms with Crippen LogP contribution in [0.25, 0.3) is 16.8 Å². The van der Waals surface area contributed by atoms with Crippen LogP contribution in [0.5, 0.6) is 0 Å². The number of alkyl halides is 7. The molecule has 6 heterocycles. The topological polar surface area (TPSA) is 198 Å². The number of aliphatic hydroxyl groups excluding tert-OH is 1. The first kappa shape index (κ1) is 58.0. The van der Waals surface area contributed by atoms with E-state index in [0.29, 0.717) is 53.5 Å². The number of aliphatic hydroxyl groups is 3. The Kier molecular flexibility index (Phi) is 16.8. The highest BCUT2D eigenvalue weighted by Gasteiger charge is 2.59. The predicted octanol–water partition coefficient (Wildman–Crippen LogP) is 9.09. The molecule has 1 aliphatic heterocycles. The Morgan fingerprint density at radius 3 is 1.68 bits per heavy atom. The van der Waals surface area contributed by atoms with Gasteiger partial charge in [0.15, 0.2) is 17.3 Å². The van der Waals surface area contributed by atoms with Gasteiger partial charge in [0.2, 0.25) is 0 Å². The Morgan fingerprint density at radius 2 is 1.15 bits per heavy atom. The summed E-state index contributed by atoms with van der Waals surface area (Å²) in [6, 6.07) is 26.1. The molecule has 10 rings (SSSR count). The summed E-state index contributed by atoms with van der Waals surface area (Å²) in [5.74, 6) is -11.4. The van der Waals surface area contributed by atoms with Crippen LogP contribution in [0.1, 0.15) is 41.7 Å². The van der Waals surface area contributed by atoms with Crippen LogP contribution in [0.4, 0.5) is 55.3 Å². The molecule has 3 atom stereocenters. The maximum atomic E-state index is 16.1. The summed E-state index contributed by atoms with van der Waals surface area (Å²) in [7, 11) is 0. The lowest BCUT2D eigenvalue weighted by molar-refractivity contribution is -0.208. The number of hydrogen-bond donors (Lipinski definition) is 3. The minimum Gasteiger partial charge on any atom is -0.378 e. The third-order valence-electron chi connectivity index (χ3n) is 12.9. The van der Waals surface area contributed by atoms with Crippen molar-refractivity contribution in [1.29, 1.82) is 0 Å². The molecule has 0 radical (unpaired) electrons. The molecule has 4 aromatic carbocycles. The van der Waals surface area contributed by atoms with E-state index in [0.717, 1.165) is 74.3 Å². The molecule has 17 nitrogen and oxygen atoms in total. The third kappa shape index (κ3) is 11.9. The van der Waals surface area contributed by atoms with Gasteiger partial charge in [-0.3, -0.25) is 9.97 Å². The highest BCUT2D eigenvalue weighted by Crippen LogP contribution is 2.48. The lowest BCUT2D eigenvalue weighted by Gasteiger charge is -2.37. The van der Waals surface area contributed by atoms with Gasteiger partial charge in [-0.1, -0.05) is 54.3 Å². The van der Waals surface area contributed by atoms with Gasteiger partial charge in [0.1, 0.15) is 40.9 Å². The average molecular weight is 1180 g/mol. The molecule has 80 heavy (non-hydrogen) atoms. The van der Waals surface area contributed by atoms with Gasteiger partial charge in [-0.25, -0.2) is 27.2 Å². The lowest BCUT2D eigenvalue weighted by atomic mass is 9.84. The molecule has 3 unspecified atom stereocenters. The molecule has 3 N–H and O–H groups in total. The zero-order valence-electron chi connectivity index (χ0n) is 40.5. The molecule has 28 heteroatoms. The average Bonchev–Trinajstić information content (AvgIpc) is 4.39. The fourth-order valence-electron chi connectivity index (χ4n) is 8.70. The summed E-state index contributed by atoms with van der Waals surface area (Å²) in [5.41, 5.74) is -6.24. The number of rotatable bonds is 15. The number of anilines is 2. The SMILES string of the molecule is C.OC(Cn1ccnn1)(c1ccccc1F)C(F)(F)c1ccc(Br)cn1.OC(c1cn(-c2ccc(N3CCN(c4ccc(-c5ccc(C(F)(F)C(O)(Cn6cnnn6)c6ccc(F)cc6F)nc5)cc4)CC3)cc2)nn1)C(F)(F)F. The highest BCUT2D eigenvalue weighted by molar-refractivity contribution is 9.10. The monoisotopic (exact) mass is 1180 g/mol. The van der Waals surface area contributed by atoms with Crippen LogP contribution in [0.15, 0.2) is 157 Å². The number of nitrogens with zero attached hydrogens (tertiary/aromatic N) is 14. The van der Waals surface area contributed by atoms with E-state index in [4.69, 9.17) is 0 Å². The van der Waals surface area contributed by atoms with Crippen LogP contribution in [0.2, 0.25) is 0 Å². The van der Waals surface area contributed by atoms with Crippen molar-refractivity contribution in [2.45, 2.75) is 55.8 Å². The quantitative estimate of drug-likeness (QED) is 0.0822. The van der Waals surface area contributed by atoms with Gasteiger partial charge >= 0.3 is 18.0 Å². The standard InChI is InChI=1S/C35H29F7N10O2.C16H12BrF3N4O.CH4/c36-24-4-11-28(29(37)17-24)33(54,20-51-21-44-46-48-51)34(38,39)31-12-3-23(18-43-31)22-1-5-25(6-2-22)49-13-15-50(16-14-49)26-7-9-27(10-8-26)52-19-30(45-47-52)32(53)35(40,41)42;17-11-5-6-14(21-9-11)16(19,20)15(25,10-24-8-7-22-23-24)12-3-1-2-4-13(12)18;/h1-12,17-19,21,32,53-54H,13-16,20H2;1-9,25H,10H2;1H4. The lowest BCUT2D eigenvalue weighted by Crippen LogP contribution is -2.48. The second-order valence-corrected chi connectivity index (χ2v) is 18.9. The van der Waals surface area contributed by atoms with Crippen LogP contribution in [-0.4, -0.2) is 108 Å². The number of pyridine rings is 2. The van der Waals surface area contributed by atoms with E-state index in [9.17, 15) is 41.7 Å². The van der Waals surface area contributed by atoms with Crippen molar-refractivity contribution >= 4 is 27.3 Å². The van der Waals surface area contributed by atoms with Crippen molar-refractivity contribution < 1.29 is 59.2 Å². The van der Waals surface area contributed by atoms with Crippen molar-refractivity contribution in [1.82, 2.24) is 60.2 Å². The first-order valence-electron chi connectivity index (χ1n) is 23.5. The Labute approximate surface area is 456 Å². The molecule has 418 valence electrons. The predicted molar refractivity (Wildman–Crippen MR) is 271 cm³/mol. The maximum Gasteiger partial charge on any atom is 0.420 e. The summed E-state index contributed by atoms with van der Waals surface area (Å²) in [6.07, 6.45) is -0.593. The second kappa shape index (κ2) is 23.2. The zero-order valence-corrected chi connectivity index (χ0v) is 42.1.